The molecule has 0 radical (unpaired) electrons. The summed E-state index contributed by atoms with van der Waals surface area (Å²) in [6.45, 7) is 1.89. The molecular weight excluding hydrogens is 262 g/mol. The number of esters is 1. The average Bonchev–Trinajstić information content (AvgIpc) is 2.50. The van der Waals surface area contributed by atoms with Crippen molar-refractivity contribution in [3.63, 3.8) is 0 Å². The summed E-state index contributed by atoms with van der Waals surface area (Å²) in [5.41, 5.74) is 10.2. The van der Waals surface area contributed by atoms with Crippen molar-refractivity contribution >= 4 is 11.7 Å². The molecule has 2 aromatic rings. The van der Waals surface area contributed by atoms with Gasteiger partial charge in [0.2, 0.25) is 0 Å². The van der Waals surface area contributed by atoms with Crippen molar-refractivity contribution in [1.29, 1.82) is 0 Å². The summed E-state index contributed by atoms with van der Waals surface area (Å²) in [6, 6.07) is 13.5. The Labute approximate surface area is 124 Å². The molecule has 3 heteroatoms. The average molecular weight is 281 g/mol. The van der Waals surface area contributed by atoms with Gasteiger partial charge in [-0.2, -0.15) is 0 Å². The molecule has 0 bridgehead atoms. The van der Waals surface area contributed by atoms with Gasteiger partial charge in [0.25, 0.3) is 0 Å². The number of nitrogens with two attached hydrogens (primary N) is 1. The number of fused-ring (bicyclic) bond motifs is 1. The van der Waals surface area contributed by atoms with Crippen molar-refractivity contribution in [2.24, 2.45) is 0 Å². The largest absolute Gasteiger partial charge is 0.454 e. The molecule has 1 aliphatic carbocycles. The minimum absolute atomic E-state index is 0.150. The third-order valence-corrected chi connectivity index (χ3v) is 4.05. The Balaban J connectivity index is 1.84. The summed E-state index contributed by atoms with van der Waals surface area (Å²) in [7, 11) is 0. The molecule has 1 atom stereocenters. The third-order valence-electron chi connectivity index (χ3n) is 4.05. The highest BCUT2D eigenvalue weighted by Crippen LogP contribution is 2.33. The van der Waals surface area contributed by atoms with Gasteiger partial charge in [0.05, 0.1) is 5.56 Å². The summed E-state index contributed by atoms with van der Waals surface area (Å²) < 4.78 is 5.75. The Kier molecular flexibility index (Phi) is 3.65. The molecule has 21 heavy (non-hydrogen) atoms. The molecule has 0 spiro atoms. The Morgan fingerprint density at radius 1 is 1.24 bits per heavy atom. The summed E-state index contributed by atoms with van der Waals surface area (Å²) in [4.78, 5) is 12.4. The molecular formula is C18H19NO2. The molecule has 0 amide bonds. The van der Waals surface area contributed by atoms with Crippen molar-refractivity contribution in [2.75, 3.05) is 5.73 Å². The van der Waals surface area contributed by atoms with E-state index in [-0.39, 0.29) is 12.1 Å². The van der Waals surface area contributed by atoms with Crippen LogP contribution in [0.1, 0.15) is 46.0 Å². The predicted octanol–water partition coefficient (Wildman–Crippen LogP) is 3.81. The standard InChI is InChI=1S/C18H19NO2/c1-12-9-10-14(19)11-16(12)18(20)21-17-8-4-6-13-5-2-3-7-15(13)17/h2-3,5,7,9-11,17H,4,6,8,19H2,1H3. The summed E-state index contributed by atoms with van der Waals surface area (Å²) >= 11 is 0. The highest BCUT2D eigenvalue weighted by atomic mass is 16.5. The van der Waals surface area contributed by atoms with E-state index in [0.29, 0.717) is 11.3 Å². The lowest BCUT2D eigenvalue weighted by Gasteiger charge is -2.25. The van der Waals surface area contributed by atoms with Crippen molar-refractivity contribution in [3.05, 3.63) is 64.7 Å². The van der Waals surface area contributed by atoms with Gasteiger partial charge in [0.1, 0.15) is 6.10 Å². The number of aryl methyl sites for hydroxylation is 2. The summed E-state index contributed by atoms with van der Waals surface area (Å²) in [6.07, 6.45) is 2.83. The van der Waals surface area contributed by atoms with Crippen molar-refractivity contribution in [2.45, 2.75) is 32.3 Å². The predicted molar refractivity (Wildman–Crippen MR) is 83.1 cm³/mol. The molecule has 1 unspecified atom stereocenters. The van der Waals surface area contributed by atoms with Crippen LogP contribution >= 0.6 is 0 Å². The first-order chi connectivity index (χ1) is 10.1. The number of anilines is 1. The Hall–Kier alpha value is -2.29. The number of ether oxygens (including phenoxy) is 1. The molecule has 0 aliphatic heterocycles. The number of benzene rings is 2. The van der Waals surface area contributed by atoms with Gasteiger partial charge in [-0.1, -0.05) is 30.3 Å². The molecule has 0 saturated heterocycles. The zero-order valence-corrected chi connectivity index (χ0v) is 12.1. The van der Waals surface area contributed by atoms with Gasteiger partial charge < -0.3 is 10.5 Å². The molecule has 0 fully saturated rings. The van der Waals surface area contributed by atoms with Crippen LogP contribution in [0.5, 0.6) is 0 Å². The van der Waals surface area contributed by atoms with E-state index >= 15 is 0 Å². The Morgan fingerprint density at radius 3 is 2.90 bits per heavy atom. The molecule has 2 N–H and O–H groups in total. The van der Waals surface area contributed by atoms with Crippen molar-refractivity contribution < 1.29 is 9.53 Å². The van der Waals surface area contributed by atoms with Crippen LogP contribution in [-0.2, 0) is 11.2 Å². The molecule has 0 saturated carbocycles. The van der Waals surface area contributed by atoms with Gasteiger partial charge in [-0.05, 0) is 55.0 Å². The van der Waals surface area contributed by atoms with Crippen LogP contribution in [0.4, 0.5) is 5.69 Å². The molecule has 1 aliphatic rings. The molecule has 0 aromatic heterocycles. The topological polar surface area (TPSA) is 52.3 Å². The number of carbonyl (C=O) groups excluding carboxylic acids is 1. The van der Waals surface area contributed by atoms with Gasteiger partial charge >= 0.3 is 5.97 Å². The quantitative estimate of drug-likeness (QED) is 0.672. The maximum Gasteiger partial charge on any atom is 0.339 e. The van der Waals surface area contributed by atoms with Crippen LogP contribution in [0.3, 0.4) is 0 Å². The van der Waals surface area contributed by atoms with Crippen LogP contribution in [0.2, 0.25) is 0 Å². The third kappa shape index (κ3) is 2.77. The highest BCUT2D eigenvalue weighted by molar-refractivity contribution is 5.92. The number of hydrogen-bond acceptors (Lipinski definition) is 3. The van der Waals surface area contributed by atoms with Crippen LogP contribution in [0.15, 0.2) is 42.5 Å². The maximum absolute atomic E-state index is 12.4. The second kappa shape index (κ2) is 5.60. The lowest BCUT2D eigenvalue weighted by molar-refractivity contribution is 0.0255. The second-order valence-corrected chi connectivity index (χ2v) is 5.56. The van der Waals surface area contributed by atoms with E-state index in [2.05, 4.69) is 12.1 Å². The summed E-state index contributed by atoms with van der Waals surface area (Å²) in [5.74, 6) is -0.290. The number of nitrogen functional groups attached to an aromatic ring is 1. The monoisotopic (exact) mass is 281 g/mol. The lowest BCUT2D eigenvalue weighted by atomic mass is 9.89. The van der Waals surface area contributed by atoms with Crippen LogP contribution in [0.25, 0.3) is 0 Å². The van der Waals surface area contributed by atoms with Crippen LogP contribution < -0.4 is 5.73 Å². The summed E-state index contributed by atoms with van der Waals surface area (Å²) in [5, 5.41) is 0. The molecule has 3 nitrogen and oxygen atoms in total. The normalized spacial score (nSPS) is 17.1. The van der Waals surface area contributed by atoms with E-state index in [1.165, 1.54) is 5.56 Å². The maximum atomic E-state index is 12.4. The van der Waals surface area contributed by atoms with Crippen molar-refractivity contribution in [1.82, 2.24) is 0 Å². The van der Waals surface area contributed by atoms with Gasteiger partial charge in [-0.25, -0.2) is 4.79 Å². The number of hydrogen-bond donors (Lipinski definition) is 1. The van der Waals surface area contributed by atoms with E-state index in [1.807, 2.05) is 25.1 Å². The van der Waals surface area contributed by atoms with E-state index in [0.717, 1.165) is 30.4 Å². The zero-order valence-electron chi connectivity index (χ0n) is 12.1. The minimum Gasteiger partial charge on any atom is -0.454 e. The van der Waals surface area contributed by atoms with E-state index < -0.39 is 0 Å². The molecule has 2 aromatic carbocycles. The SMILES string of the molecule is Cc1ccc(N)cc1C(=O)OC1CCCc2ccccc21. The first kappa shape index (κ1) is 13.7. The fourth-order valence-electron chi connectivity index (χ4n) is 2.88. The van der Waals surface area contributed by atoms with Crippen LogP contribution in [-0.4, -0.2) is 5.97 Å². The number of rotatable bonds is 2. The van der Waals surface area contributed by atoms with Gasteiger partial charge in [0.15, 0.2) is 0 Å². The van der Waals surface area contributed by atoms with Gasteiger partial charge in [-0.3, -0.25) is 0 Å². The minimum atomic E-state index is -0.290. The molecule has 0 heterocycles. The Bertz CT molecular complexity index is 679. The molecule has 108 valence electrons. The lowest BCUT2D eigenvalue weighted by Crippen LogP contribution is -2.17. The Morgan fingerprint density at radius 2 is 2.05 bits per heavy atom. The van der Waals surface area contributed by atoms with Crippen LogP contribution in [0, 0.1) is 6.92 Å². The first-order valence-corrected chi connectivity index (χ1v) is 7.30. The van der Waals surface area contributed by atoms with Gasteiger partial charge in [0, 0.05) is 5.69 Å². The fraction of sp³-hybridized carbons (Fsp3) is 0.278. The highest BCUT2D eigenvalue weighted by Gasteiger charge is 2.24. The van der Waals surface area contributed by atoms with E-state index in [9.17, 15) is 4.79 Å². The van der Waals surface area contributed by atoms with E-state index in [1.54, 1.807) is 12.1 Å². The van der Waals surface area contributed by atoms with Crippen molar-refractivity contribution in [3.8, 4) is 0 Å². The van der Waals surface area contributed by atoms with E-state index in [4.69, 9.17) is 10.5 Å². The van der Waals surface area contributed by atoms with Gasteiger partial charge in [-0.15, -0.1) is 0 Å². The number of carbonyl (C=O) groups is 1. The first-order valence-electron chi connectivity index (χ1n) is 7.30. The zero-order chi connectivity index (χ0) is 14.8. The molecule has 3 rings (SSSR count). The second-order valence-electron chi connectivity index (χ2n) is 5.56. The smallest absolute Gasteiger partial charge is 0.339 e. The fourth-order valence-corrected chi connectivity index (χ4v) is 2.88.